The molecule has 2 aromatic heterocycles. The molecule has 1 amide bonds. The van der Waals surface area contributed by atoms with E-state index in [1.54, 1.807) is 47.6 Å². The maximum atomic E-state index is 13.3. The van der Waals surface area contributed by atoms with Crippen molar-refractivity contribution in [3.63, 3.8) is 0 Å². The van der Waals surface area contributed by atoms with Gasteiger partial charge in [-0.25, -0.2) is 13.4 Å². The molecule has 6 nitrogen and oxygen atoms in total. The first-order valence-corrected chi connectivity index (χ1v) is 13.2. The number of aromatic nitrogens is 2. The number of anilines is 1. The lowest BCUT2D eigenvalue weighted by molar-refractivity contribution is -0.118. The molecule has 0 aliphatic rings. The van der Waals surface area contributed by atoms with Gasteiger partial charge in [-0.2, -0.15) is 0 Å². The quantitative estimate of drug-likeness (QED) is 0.322. The second-order valence-electron chi connectivity index (χ2n) is 7.64. The van der Waals surface area contributed by atoms with E-state index in [9.17, 15) is 13.2 Å². The highest BCUT2D eigenvalue weighted by molar-refractivity contribution is 7.91. The van der Waals surface area contributed by atoms with Gasteiger partial charge in [-0.05, 0) is 60.9 Å². The molecular weight excluding hydrogens is 478 g/mol. The summed E-state index contributed by atoms with van der Waals surface area (Å²) in [5, 5.41) is 1.18. The minimum Gasteiger partial charge on any atom is -0.284 e. The van der Waals surface area contributed by atoms with E-state index < -0.39 is 9.84 Å². The normalized spacial score (nSPS) is 11.6. The molecule has 0 aliphatic heterocycles. The summed E-state index contributed by atoms with van der Waals surface area (Å²) in [6.45, 7) is 2.25. The highest BCUT2D eigenvalue weighted by Gasteiger charge is 2.22. The van der Waals surface area contributed by atoms with Crippen LogP contribution in [-0.2, 0) is 21.2 Å². The zero-order chi connectivity index (χ0) is 23.4. The number of aryl methyl sites for hydroxylation is 1. The Balaban J connectivity index is 1.56. The fraction of sp³-hybridized carbons (Fsp3) is 0.208. The minimum atomic E-state index is -3.44. The summed E-state index contributed by atoms with van der Waals surface area (Å²) in [4.78, 5) is 23.9. The molecule has 0 bridgehead atoms. The van der Waals surface area contributed by atoms with Crippen molar-refractivity contribution in [1.29, 1.82) is 0 Å². The van der Waals surface area contributed by atoms with Gasteiger partial charge in [0.05, 0.1) is 27.4 Å². The maximum Gasteiger partial charge on any atom is 0.229 e. The summed E-state index contributed by atoms with van der Waals surface area (Å²) in [7, 11) is -3.44. The van der Waals surface area contributed by atoms with E-state index in [2.05, 4.69) is 4.98 Å². The first-order valence-electron chi connectivity index (χ1n) is 10.4. The molecule has 0 saturated heterocycles. The molecule has 0 atom stereocenters. The van der Waals surface area contributed by atoms with Crippen LogP contribution >= 0.6 is 22.9 Å². The van der Waals surface area contributed by atoms with Crippen LogP contribution < -0.4 is 4.90 Å². The number of thiazole rings is 1. The van der Waals surface area contributed by atoms with Gasteiger partial charge in [-0.15, -0.1) is 0 Å². The lowest BCUT2D eigenvalue weighted by atomic mass is 10.2. The second-order valence-corrected chi connectivity index (χ2v) is 11.2. The maximum absolute atomic E-state index is 13.3. The molecule has 0 fully saturated rings. The summed E-state index contributed by atoms with van der Waals surface area (Å²) in [6, 6.07) is 15.7. The van der Waals surface area contributed by atoms with Crippen molar-refractivity contribution in [2.75, 3.05) is 10.7 Å². The Bertz CT molecular complexity index is 1370. The molecule has 4 aromatic rings. The van der Waals surface area contributed by atoms with Crippen LogP contribution in [0.3, 0.4) is 0 Å². The van der Waals surface area contributed by atoms with Crippen LogP contribution in [0.5, 0.6) is 0 Å². The second kappa shape index (κ2) is 9.99. The average molecular weight is 500 g/mol. The van der Waals surface area contributed by atoms with Crippen molar-refractivity contribution in [2.45, 2.75) is 31.2 Å². The number of carbonyl (C=O) groups is 1. The van der Waals surface area contributed by atoms with Gasteiger partial charge in [0.25, 0.3) is 0 Å². The topological polar surface area (TPSA) is 80.2 Å². The fourth-order valence-corrected chi connectivity index (χ4v) is 6.25. The number of carbonyl (C=O) groups excluding carboxylic acids is 1. The third kappa shape index (κ3) is 5.58. The van der Waals surface area contributed by atoms with Crippen molar-refractivity contribution in [3.05, 3.63) is 83.1 Å². The fourth-order valence-electron chi connectivity index (χ4n) is 3.49. The molecule has 0 N–H and O–H groups in total. The van der Waals surface area contributed by atoms with Crippen LogP contribution in [0.1, 0.15) is 24.0 Å². The van der Waals surface area contributed by atoms with E-state index >= 15 is 0 Å². The number of rotatable bonds is 8. The van der Waals surface area contributed by atoms with Gasteiger partial charge in [0.1, 0.15) is 0 Å². The molecule has 0 unspecified atom stereocenters. The van der Waals surface area contributed by atoms with Crippen LogP contribution in [0.15, 0.2) is 71.9 Å². The highest BCUT2D eigenvalue weighted by atomic mass is 35.5. The Morgan fingerprint density at radius 2 is 1.82 bits per heavy atom. The predicted octanol–water partition coefficient (Wildman–Crippen LogP) is 5.44. The van der Waals surface area contributed by atoms with Gasteiger partial charge in [0, 0.05) is 23.8 Å². The van der Waals surface area contributed by atoms with E-state index in [4.69, 9.17) is 16.6 Å². The molecule has 9 heteroatoms. The van der Waals surface area contributed by atoms with E-state index in [1.807, 2.05) is 31.2 Å². The number of pyridine rings is 1. The van der Waals surface area contributed by atoms with Crippen molar-refractivity contribution < 1.29 is 13.2 Å². The number of amides is 1. The predicted molar refractivity (Wildman–Crippen MR) is 133 cm³/mol. The Hall–Kier alpha value is -2.81. The van der Waals surface area contributed by atoms with Crippen LogP contribution in [0.2, 0.25) is 5.02 Å². The van der Waals surface area contributed by atoms with Crippen molar-refractivity contribution in [3.8, 4) is 0 Å². The summed E-state index contributed by atoms with van der Waals surface area (Å²) in [5.41, 5.74) is 2.65. The standard InChI is InChI=1S/C24H22ClN3O3S2/c1-17-14-19(25)15-21-23(17)27-24(32-21)28(16-18-9-11-26-12-10-18)22(29)8-5-13-33(30,31)20-6-3-2-4-7-20/h2-4,6-7,9-12,14-15H,5,8,13,16H2,1H3. The van der Waals surface area contributed by atoms with Crippen LogP contribution in [-0.4, -0.2) is 30.0 Å². The molecule has 4 rings (SSSR count). The number of benzene rings is 2. The summed E-state index contributed by atoms with van der Waals surface area (Å²) in [5.74, 6) is -0.279. The molecule has 2 aromatic carbocycles. The molecular formula is C24H22ClN3O3S2. The first kappa shape index (κ1) is 23.4. The lowest BCUT2D eigenvalue weighted by Crippen LogP contribution is -2.30. The minimum absolute atomic E-state index is 0.0901. The van der Waals surface area contributed by atoms with Crippen LogP contribution in [0.4, 0.5) is 5.13 Å². The van der Waals surface area contributed by atoms with Gasteiger partial charge in [0.2, 0.25) is 5.91 Å². The van der Waals surface area contributed by atoms with E-state index in [-0.39, 0.29) is 29.4 Å². The first-order chi connectivity index (χ1) is 15.8. The molecule has 0 saturated carbocycles. The number of nitrogens with zero attached hydrogens (tertiary/aromatic N) is 3. The van der Waals surface area contributed by atoms with Crippen LogP contribution in [0, 0.1) is 6.92 Å². The largest absolute Gasteiger partial charge is 0.284 e. The molecule has 0 radical (unpaired) electrons. The van der Waals surface area contributed by atoms with Gasteiger partial charge in [-0.3, -0.25) is 14.7 Å². The summed E-state index contributed by atoms with van der Waals surface area (Å²) >= 11 is 7.59. The Kier molecular flexibility index (Phi) is 7.07. The number of halogens is 1. The monoisotopic (exact) mass is 499 g/mol. The molecule has 33 heavy (non-hydrogen) atoms. The van der Waals surface area contributed by atoms with Gasteiger partial charge in [0.15, 0.2) is 15.0 Å². The molecule has 2 heterocycles. The molecule has 0 aliphatic carbocycles. The molecule has 0 spiro atoms. The highest BCUT2D eigenvalue weighted by Crippen LogP contribution is 2.34. The third-order valence-electron chi connectivity index (χ3n) is 5.17. The SMILES string of the molecule is Cc1cc(Cl)cc2sc(N(Cc3ccncc3)C(=O)CCCS(=O)(=O)c3ccccc3)nc12. The molecule has 170 valence electrons. The van der Waals surface area contributed by atoms with Gasteiger partial charge < -0.3 is 0 Å². The summed E-state index contributed by atoms with van der Waals surface area (Å²) in [6.07, 6.45) is 3.66. The average Bonchev–Trinajstić information content (AvgIpc) is 3.22. The number of hydrogen-bond donors (Lipinski definition) is 0. The van der Waals surface area contributed by atoms with Crippen molar-refractivity contribution in [2.24, 2.45) is 0 Å². The van der Waals surface area contributed by atoms with Crippen LogP contribution in [0.25, 0.3) is 10.2 Å². The zero-order valence-electron chi connectivity index (χ0n) is 17.9. The lowest BCUT2D eigenvalue weighted by Gasteiger charge is -2.20. The zero-order valence-corrected chi connectivity index (χ0v) is 20.3. The number of fused-ring (bicyclic) bond motifs is 1. The number of hydrogen-bond acceptors (Lipinski definition) is 6. The smallest absolute Gasteiger partial charge is 0.229 e. The van der Waals surface area contributed by atoms with E-state index in [0.29, 0.717) is 16.7 Å². The van der Waals surface area contributed by atoms with Crippen molar-refractivity contribution in [1.82, 2.24) is 9.97 Å². The number of sulfone groups is 1. The third-order valence-corrected chi connectivity index (χ3v) is 8.23. The van der Waals surface area contributed by atoms with E-state index in [0.717, 1.165) is 21.3 Å². The summed E-state index contributed by atoms with van der Waals surface area (Å²) < 4.78 is 26.1. The Morgan fingerprint density at radius 3 is 2.55 bits per heavy atom. The Morgan fingerprint density at radius 1 is 1.09 bits per heavy atom. The Labute approximate surface area is 201 Å². The van der Waals surface area contributed by atoms with E-state index in [1.165, 1.54) is 11.3 Å². The van der Waals surface area contributed by atoms with Gasteiger partial charge >= 0.3 is 0 Å². The van der Waals surface area contributed by atoms with Crippen molar-refractivity contribution >= 4 is 54.0 Å². The van der Waals surface area contributed by atoms with Gasteiger partial charge in [-0.1, -0.05) is 41.1 Å².